The van der Waals surface area contributed by atoms with Gasteiger partial charge < -0.3 is 19.3 Å². The van der Waals surface area contributed by atoms with Crippen molar-refractivity contribution in [2.24, 2.45) is 0 Å². The molecule has 4 rings (SSSR count). The second-order valence-corrected chi connectivity index (χ2v) is 9.38. The van der Waals surface area contributed by atoms with Crippen molar-refractivity contribution < 1.29 is 24.2 Å². The Morgan fingerprint density at radius 1 is 1.22 bits per heavy atom. The van der Waals surface area contributed by atoms with Gasteiger partial charge in [-0.15, -0.1) is 0 Å². The third kappa shape index (κ3) is 4.27. The molecular weight excluding hydrogens is 428 g/mol. The van der Waals surface area contributed by atoms with Crippen LogP contribution >= 0.6 is 11.3 Å². The van der Waals surface area contributed by atoms with Gasteiger partial charge in [0.2, 0.25) is 5.91 Å². The highest BCUT2D eigenvalue weighted by molar-refractivity contribution is 7.21. The molecule has 0 atom stereocenters. The SMILES string of the molecule is CN(C)C(=O)Cn1c(-c2cccc(C=O)c2)c(C2CCCCC2)c2sc(OC(=O)O)cc21. The Morgan fingerprint density at radius 3 is 2.62 bits per heavy atom. The van der Waals surface area contributed by atoms with Crippen LogP contribution in [0.4, 0.5) is 4.79 Å². The molecule has 1 fully saturated rings. The number of rotatable bonds is 6. The number of hydrogen-bond acceptors (Lipinski definition) is 5. The molecule has 0 bridgehead atoms. The van der Waals surface area contributed by atoms with Gasteiger partial charge in [-0.05, 0) is 36.0 Å². The molecule has 1 amide bonds. The summed E-state index contributed by atoms with van der Waals surface area (Å²) in [4.78, 5) is 36.9. The topological polar surface area (TPSA) is 88.8 Å². The minimum absolute atomic E-state index is 0.0724. The largest absolute Gasteiger partial charge is 0.512 e. The van der Waals surface area contributed by atoms with Gasteiger partial charge in [-0.2, -0.15) is 0 Å². The zero-order chi connectivity index (χ0) is 22.8. The molecule has 0 unspecified atom stereocenters. The average Bonchev–Trinajstić information content (AvgIpc) is 3.30. The van der Waals surface area contributed by atoms with Crippen molar-refractivity contribution in [3.05, 3.63) is 41.5 Å². The van der Waals surface area contributed by atoms with Crippen molar-refractivity contribution in [3.63, 3.8) is 0 Å². The summed E-state index contributed by atoms with van der Waals surface area (Å²) in [5, 5.41) is 9.40. The quantitative estimate of drug-likeness (QED) is 0.399. The van der Waals surface area contributed by atoms with Crippen molar-refractivity contribution in [2.75, 3.05) is 14.1 Å². The summed E-state index contributed by atoms with van der Waals surface area (Å²) in [5.74, 6) is 0.227. The third-order valence-electron chi connectivity index (χ3n) is 6.04. The number of thiophene rings is 1. The van der Waals surface area contributed by atoms with E-state index in [1.807, 2.05) is 22.8 Å². The molecule has 3 aromatic rings. The van der Waals surface area contributed by atoms with Crippen molar-refractivity contribution >= 4 is 39.9 Å². The number of ether oxygens (including phenoxy) is 1. The molecule has 0 radical (unpaired) electrons. The summed E-state index contributed by atoms with van der Waals surface area (Å²) in [5.41, 5.74) is 4.29. The van der Waals surface area contributed by atoms with Crippen LogP contribution in [0.5, 0.6) is 5.06 Å². The van der Waals surface area contributed by atoms with Gasteiger partial charge in [-0.1, -0.05) is 48.8 Å². The van der Waals surface area contributed by atoms with Gasteiger partial charge in [0, 0.05) is 25.7 Å². The van der Waals surface area contributed by atoms with E-state index in [9.17, 15) is 14.4 Å². The molecule has 7 nitrogen and oxygen atoms in total. The van der Waals surface area contributed by atoms with E-state index >= 15 is 0 Å². The van der Waals surface area contributed by atoms with Gasteiger partial charge in [0.05, 0.1) is 15.9 Å². The Labute approximate surface area is 190 Å². The number of aldehydes is 1. The van der Waals surface area contributed by atoms with Crippen LogP contribution in [0, 0.1) is 0 Å². The van der Waals surface area contributed by atoms with Gasteiger partial charge >= 0.3 is 6.16 Å². The van der Waals surface area contributed by atoms with Crippen LogP contribution in [0.2, 0.25) is 0 Å². The standard InChI is InChI=1S/C24H26N2O5S/c1-25(2)19(28)13-26-18-12-20(31-24(29)30)32-23(18)21(16-8-4-3-5-9-16)22(26)17-10-6-7-15(11-17)14-27/h6-7,10-12,14,16H,3-5,8-9,13H2,1-2H3,(H,29,30). The number of benzene rings is 1. The first kappa shape index (κ1) is 22.1. The zero-order valence-corrected chi connectivity index (χ0v) is 19.0. The number of carbonyl (C=O) groups is 3. The Hall–Kier alpha value is -3.13. The molecule has 0 aliphatic heterocycles. The average molecular weight is 455 g/mol. The van der Waals surface area contributed by atoms with Crippen molar-refractivity contribution in [1.29, 1.82) is 0 Å². The highest BCUT2D eigenvalue weighted by Crippen LogP contribution is 2.48. The normalized spacial score (nSPS) is 14.4. The fraction of sp³-hybridized carbons (Fsp3) is 0.375. The van der Waals surface area contributed by atoms with E-state index in [0.29, 0.717) is 16.5 Å². The molecule has 1 saturated carbocycles. The van der Waals surface area contributed by atoms with Gasteiger partial charge in [-0.25, -0.2) is 4.79 Å². The van der Waals surface area contributed by atoms with E-state index in [1.165, 1.54) is 17.8 Å². The lowest BCUT2D eigenvalue weighted by molar-refractivity contribution is -0.129. The second kappa shape index (κ2) is 9.16. The predicted molar refractivity (Wildman–Crippen MR) is 124 cm³/mol. The number of likely N-dealkylation sites (N-methyl/N-ethyl adjacent to an activating group) is 1. The van der Waals surface area contributed by atoms with E-state index in [-0.39, 0.29) is 12.5 Å². The van der Waals surface area contributed by atoms with E-state index in [1.54, 1.807) is 31.1 Å². The Morgan fingerprint density at radius 2 is 1.97 bits per heavy atom. The number of hydrogen-bond donors (Lipinski definition) is 1. The number of carboxylic acid groups (broad SMARTS) is 1. The highest BCUT2D eigenvalue weighted by Gasteiger charge is 2.29. The summed E-state index contributed by atoms with van der Waals surface area (Å²) in [7, 11) is 3.43. The molecule has 168 valence electrons. The van der Waals surface area contributed by atoms with Crippen LogP contribution in [0.15, 0.2) is 30.3 Å². The van der Waals surface area contributed by atoms with Crippen LogP contribution in [-0.2, 0) is 11.3 Å². The van der Waals surface area contributed by atoms with Crippen molar-refractivity contribution in [3.8, 4) is 16.3 Å². The highest BCUT2D eigenvalue weighted by atomic mass is 32.1. The lowest BCUT2D eigenvalue weighted by Crippen LogP contribution is -2.26. The first-order valence-electron chi connectivity index (χ1n) is 10.7. The molecular formula is C24H26N2O5S. The minimum Gasteiger partial charge on any atom is -0.449 e. The maximum atomic E-state index is 12.8. The first-order chi connectivity index (χ1) is 15.4. The predicted octanol–water partition coefficient (Wildman–Crippen LogP) is 5.38. The van der Waals surface area contributed by atoms with E-state index in [0.717, 1.165) is 59.0 Å². The van der Waals surface area contributed by atoms with Crippen LogP contribution < -0.4 is 4.74 Å². The van der Waals surface area contributed by atoms with Crippen molar-refractivity contribution in [2.45, 2.75) is 44.6 Å². The maximum Gasteiger partial charge on any atom is 0.512 e. The summed E-state index contributed by atoms with van der Waals surface area (Å²) >= 11 is 1.30. The molecule has 2 aromatic heterocycles. The van der Waals surface area contributed by atoms with Crippen LogP contribution in [0.3, 0.4) is 0 Å². The van der Waals surface area contributed by atoms with E-state index < -0.39 is 6.16 Å². The lowest BCUT2D eigenvalue weighted by Gasteiger charge is -2.24. The fourth-order valence-electron chi connectivity index (χ4n) is 4.54. The van der Waals surface area contributed by atoms with Gasteiger partial charge in [0.25, 0.3) is 0 Å². The third-order valence-corrected chi connectivity index (χ3v) is 7.08. The Balaban J connectivity index is 1.99. The molecule has 8 heteroatoms. The first-order valence-corrected chi connectivity index (χ1v) is 11.5. The number of carbonyl (C=O) groups excluding carboxylic acids is 2. The van der Waals surface area contributed by atoms with Gasteiger partial charge in [0.1, 0.15) is 12.8 Å². The number of fused-ring (bicyclic) bond motifs is 1. The molecule has 2 heterocycles. The Kier molecular flexibility index (Phi) is 6.32. The van der Waals surface area contributed by atoms with Crippen LogP contribution in [-0.4, -0.2) is 47.0 Å². The molecule has 0 spiro atoms. The number of nitrogens with zero attached hydrogens (tertiary/aromatic N) is 2. The van der Waals surface area contributed by atoms with E-state index in [2.05, 4.69) is 0 Å². The van der Waals surface area contributed by atoms with Crippen molar-refractivity contribution in [1.82, 2.24) is 9.47 Å². The Bertz CT molecular complexity index is 1170. The number of aromatic nitrogens is 1. The van der Waals surface area contributed by atoms with Gasteiger partial charge in [0.15, 0.2) is 5.06 Å². The van der Waals surface area contributed by atoms with E-state index in [4.69, 9.17) is 9.84 Å². The van der Waals surface area contributed by atoms with Gasteiger partial charge in [-0.3, -0.25) is 9.59 Å². The zero-order valence-electron chi connectivity index (χ0n) is 18.2. The molecule has 32 heavy (non-hydrogen) atoms. The summed E-state index contributed by atoms with van der Waals surface area (Å²) in [6.07, 6.45) is 5.00. The molecule has 1 N–H and O–H groups in total. The number of amides is 1. The van der Waals surface area contributed by atoms with Crippen LogP contribution in [0.25, 0.3) is 21.5 Å². The fourth-order valence-corrected chi connectivity index (χ4v) is 5.68. The lowest BCUT2D eigenvalue weighted by atomic mass is 9.83. The summed E-state index contributed by atoms with van der Waals surface area (Å²) in [6.45, 7) is 0.111. The molecule has 1 aliphatic rings. The molecule has 1 aliphatic carbocycles. The monoisotopic (exact) mass is 454 g/mol. The molecule has 0 saturated heterocycles. The minimum atomic E-state index is -1.36. The maximum absolute atomic E-state index is 12.8. The molecule has 1 aromatic carbocycles. The second-order valence-electron chi connectivity index (χ2n) is 8.36. The summed E-state index contributed by atoms with van der Waals surface area (Å²) < 4.78 is 7.87. The smallest absolute Gasteiger partial charge is 0.449 e. The van der Waals surface area contributed by atoms with Crippen LogP contribution in [0.1, 0.15) is 53.9 Å². The summed E-state index contributed by atoms with van der Waals surface area (Å²) in [6, 6.07) is 9.13.